The van der Waals surface area contributed by atoms with Crippen LogP contribution in [0.15, 0.2) is 36.8 Å². The summed E-state index contributed by atoms with van der Waals surface area (Å²) in [7, 11) is 0. The SMILES string of the molecule is Cc1nccn1-c1cccc(NCc2cn3c(n2)CCCC3)n1. The predicted octanol–water partition coefficient (Wildman–Crippen LogP) is 2.72. The molecule has 6 heteroatoms. The zero-order valence-corrected chi connectivity index (χ0v) is 13.2. The minimum absolute atomic E-state index is 0.694. The molecule has 0 aliphatic carbocycles. The molecule has 3 aromatic rings. The van der Waals surface area contributed by atoms with Crippen molar-refractivity contribution in [1.82, 2.24) is 24.1 Å². The smallest absolute Gasteiger partial charge is 0.140 e. The molecule has 6 nitrogen and oxygen atoms in total. The number of nitrogens with zero attached hydrogens (tertiary/aromatic N) is 5. The quantitative estimate of drug-likeness (QED) is 0.805. The van der Waals surface area contributed by atoms with Crippen LogP contribution in [0.1, 0.15) is 30.2 Å². The molecule has 1 N–H and O–H groups in total. The van der Waals surface area contributed by atoms with Gasteiger partial charge in [0.2, 0.25) is 0 Å². The van der Waals surface area contributed by atoms with Crippen molar-refractivity contribution in [2.75, 3.05) is 5.32 Å². The molecule has 0 aromatic carbocycles. The van der Waals surface area contributed by atoms with E-state index in [1.807, 2.05) is 35.9 Å². The molecule has 0 radical (unpaired) electrons. The Kier molecular flexibility index (Phi) is 3.57. The van der Waals surface area contributed by atoms with Crippen LogP contribution in [-0.2, 0) is 19.5 Å². The van der Waals surface area contributed by atoms with E-state index in [4.69, 9.17) is 4.98 Å². The number of aromatic nitrogens is 5. The van der Waals surface area contributed by atoms with Crippen LogP contribution < -0.4 is 5.32 Å². The van der Waals surface area contributed by atoms with Crippen molar-refractivity contribution < 1.29 is 0 Å². The molecule has 0 bridgehead atoms. The van der Waals surface area contributed by atoms with Gasteiger partial charge in [-0.2, -0.15) is 0 Å². The second-order valence-corrected chi connectivity index (χ2v) is 5.88. The Morgan fingerprint density at radius 1 is 1.22 bits per heavy atom. The lowest BCUT2D eigenvalue weighted by Crippen LogP contribution is -2.08. The standard InChI is InChI=1S/C17H20N6/c1-13-18-8-10-23(13)17-7-4-5-15(21-17)19-11-14-12-22-9-3-2-6-16(22)20-14/h4-5,7-8,10,12H,2-3,6,9,11H2,1H3,(H,19,21). The first kappa shape index (κ1) is 14.0. The van der Waals surface area contributed by atoms with E-state index >= 15 is 0 Å². The summed E-state index contributed by atoms with van der Waals surface area (Å²) in [6.07, 6.45) is 9.46. The van der Waals surface area contributed by atoms with Crippen molar-refractivity contribution in [1.29, 1.82) is 0 Å². The fraction of sp³-hybridized carbons (Fsp3) is 0.353. The number of imidazole rings is 2. The Hall–Kier alpha value is -2.63. The second kappa shape index (κ2) is 5.87. The van der Waals surface area contributed by atoms with Crippen LogP contribution in [-0.4, -0.2) is 24.1 Å². The van der Waals surface area contributed by atoms with E-state index in [-0.39, 0.29) is 0 Å². The second-order valence-electron chi connectivity index (χ2n) is 5.88. The normalized spacial score (nSPS) is 13.8. The van der Waals surface area contributed by atoms with Crippen LogP contribution in [0.2, 0.25) is 0 Å². The molecule has 23 heavy (non-hydrogen) atoms. The van der Waals surface area contributed by atoms with Crippen LogP contribution in [0.3, 0.4) is 0 Å². The molecular formula is C17H20N6. The average Bonchev–Trinajstić information content (AvgIpc) is 3.18. The van der Waals surface area contributed by atoms with E-state index in [0.29, 0.717) is 6.54 Å². The third kappa shape index (κ3) is 2.84. The van der Waals surface area contributed by atoms with Crippen molar-refractivity contribution in [2.45, 2.75) is 39.3 Å². The molecule has 0 atom stereocenters. The van der Waals surface area contributed by atoms with Gasteiger partial charge in [-0.05, 0) is 31.9 Å². The zero-order chi connectivity index (χ0) is 15.6. The van der Waals surface area contributed by atoms with Gasteiger partial charge in [0.05, 0.1) is 12.2 Å². The molecular weight excluding hydrogens is 288 g/mol. The van der Waals surface area contributed by atoms with E-state index in [1.165, 1.54) is 18.7 Å². The summed E-state index contributed by atoms with van der Waals surface area (Å²) in [6, 6.07) is 5.96. The molecule has 0 amide bonds. The number of nitrogens with one attached hydrogen (secondary N) is 1. The third-order valence-electron chi connectivity index (χ3n) is 4.22. The maximum Gasteiger partial charge on any atom is 0.140 e. The van der Waals surface area contributed by atoms with Gasteiger partial charge >= 0.3 is 0 Å². The van der Waals surface area contributed by atoms with Crippen LogP contribution in [0, 0.1) is 6.92 Å². The van der Waals surface area contributed by atoms with Gasteiger partial charge < -0.3 is 9.88 Å². The Bertz CT molecular complexity index is 793. The van der Waals surface area contributed by atoms with Crippen LogP contribution >= 0.6 is 0 Å². The number of fused-ring (bicyclic) bond motifs is 1. The average molecular weight is 308 g/mol. The van der Waals surface area contributed by atoms with Gasteiger partial charge in [0, 0.05) is 31.6 Å². The number of hydrogen-bond donors (Lipinski definition) is 1. The summed E-state index contributed by atoms with van der Waals surface area (Å²) in [5.41, 5.74) is 1.08. The molecule has 3 aromatic heterocycles. The third-order valence-corrected chi connectivity index (χ3v) is 4.22. The first-order valence-corrected chi connectivity index (χ1v) is 8.06. The highest BCUT2D eigenvalue weighted by molar-refractivity contribution is 5.40. The van der Waals surface area contributed by atoms with Crippen molar-refractivity contribution in [2.24, 2.45) is 0 Å². The van der Waals surface area contributed by atoms with Gasteiger partial charge in [0.25, 0.3) is 0 Å². The van der Waals surface area contributed by atoms with Crippen LogP contribution in [0.25, 0.3) is 5.82 Å². The highest BCUT2D eigenvalue weighted by atomic mass is 15.1. The molecule has 0 unspecified atom stereocenters. The first-order valence-electron chi connectivity index (χ1n) is 8.06. The Morgan fingerprint density at radius 2 is 2.17 bits per heavy atom. The summed E-state index contributed by atoms with van der Waals surface area (Å²) in [6.45, 7) is 3.76. The minimum atomic E-state index is 0.694. The molecule has 0 spiro atoms. The van der Waals surface area contributed by atoms with Gasteiger partial charge in [-0.1, -0.05) is 6.07 Å². The lowest BCUT2D eigenvalue weighted by molar-refractivity contribution is 0.522. The largest absolute Gasteiger partial charge is 0.364 e. The summed E-state index contributed by atoms with van der Waals surface area (Å²) in [4.78, 5) is 13.6. The van der Waals surface area contributed by atoms with Crippen LogP contribution in [0.4, 0.5) is 5.82 Å². The van der Waals surface area contributed by atoms with E-state index < -0.39 is 0 Å². The van der Waals surface area contributed by atoms with E-state index in [2.05, 4.69) is 26.0 Å². The first-order chi connectivity index (χ1) is 11.3. The van der Waals surface area contributed by atoms with Crippen molar-refractivity contribution in [3.63, 3.8) is 0 Å². The van der Waals surface area contributed by atoms with Gasteiger partial charge in [-0.25, -0.2) is 15.0 Å². The molecule has 118 valence electrons. The van der Waals surface area contributed by atoms with Crippen molar-refractivity contribution >= 4 is 5.82 Å². The van der Waals surface area contributed by atoms with E-state index in [1.54, 1.807) is 6.20 Å². The highest BCUT2D eigenvalue weighted by Gasteiger charge is 2.12. The van der Waals surface area contributed by atoms with Crippen LogP contribution in [0.5, 0.6) is 0 Å². The number of anilines is 1. The molecule has 0 saturated carbocycles. The predicted molar refractivity (Wildman–Crippen MR) is 88.6 cm³/mol. The van der Waals surface area contributed by atoms with Crippen molar-refractivity contribution in [3.8, 4) is 5.82 Å². The maximum atomic E-state index is 4.71. The molecule has 0 fully saturated rings. The van der Waals surface area contributed by atoms with E-state index in [9.17, 15) is 0 Å². The molecule has 4 heterocycles. The Balaban J connectivity index is 1.49. The number of rotatable bonds is 4. The number of hydrogen-bond acceptors (Lipinski definition) is 4. The van der Waals surface area contributed by atoms with Crippen molar-refractivity contribution in [3.05, 3.63) is 54.1 Å². The monoisotopic (exact) mass is 308 g/mol. The Morgan fingerprint density at radius 3 is 3.00 bits per heavy atom. The van der Waals surface area contributed by atoms with E-state index in [0.717, 1.165) is 36.1 Å². The number of aryl methyl sites for hydroxylation is 3. The lowest BCUT2D eigenvalue weighted by atomic mass is 10.2. The number of pyridine rings is 1. The molecule has 0 saturated heterocycles. The molecule has 1 aliphatic rings. The molecule has 1 aliphatic heterocycles. The summed E-state index contributed by atoms with van der Waals surface area (Å²) in [5.74, 6) is 3.86. The Labute approximate surface area is 135 Å². The maximum absolute atomic E-state index is 4.71. The highest BCUT2D eigenvalue weighted by Crippen LogP contribution is 2.16. The fourth-order valence-corrected chi connectivity index (χ4v) is 3.01. The topological polar surface area (TPSA) is 60.6 Å². The van der Waals surface area contributed by atoms with Gasteiger partial charge in [0.1, 0.15) is 23.3 Å². The fourth-order valence-electron chi connectivity index (χ4n) is 3.01. The van der Waals surface area contributed by atoms with Gasteiger partial charge in [-0.3, -0.25) is 4.57 Å². The van der Waals surface area contributed by atoms with Gasteiger partial charge in [-0.15, -0.1) is 0 Å². The lowest BCUT2D eigenvalue weighted by Gasteiger charge is -2.11. The summed E-state index contributed by atoms with van der Waals surface area (Å²) >= 11 is 0. The zero-order valence-electron chi connectivity index (χ0n) is 13.2. The molecule has 4 rings (SSSR count). The van der Waals surface area contributed by atoms with Gasteiger partial charge in [0.15, 0.2) is 0 Å². The minimum Gasteiger partial charge on any atom is -0.364 e. The summed E-state index contributed by atoms with van der Waals surface area (Å²) < 4.78 is 4.25. The summed E-state index contributed by atoms with van der Waals surface area (Å²) in [5, 5.41) is 3.37.